The lowest BCUT2D eigenvalue weighted by Crippen LogP contribution is -2.34. The van der Waals surface area contributed by atoms with Crippen LogP contribution in [0.4, 0.5) is 0 Å². The van der Waals surface area contributed by atoms with Gasteiger partial charge < -0.3 is 24.1 Å². The van der Waals surface area contributed by atoms with Gasteiger partial charge in [0.2, 0.25) is 0 Å². The van der Waals surface area contributed by atoms with Crippen LogP contribution in [0.15, 0.2) is 60.0 Å². The zero-order valence-electron chi connectivity index (χ0n) is 19.9. The van der Waals surface area contributed by atoms with Crippen molar-refractivity contribution in [2.75, 3.05) is 20.8 Å². The molecule has 1 fully saturated rings. The molecule has 1 atom stereocenters. The lowest BCUT2D eigenvalue weighted by atomic mass is 10.2. The van der Waals surface area contributed by atoms with Gasteiger partial charge >= 0.3 is 0 Å². The van der Waals surface area contributed by atoms with E-state index in [0.29, 0.717) is 12.2 Å². The summed E-state index contributed by atoms with van der Waals surface area (Å²) in [5.41, 5.74) is 5.02. The molecule has 3 heterocycles. The van der Waals surface area contributed by atoms with E-state index in [0.717, 1.165) is 57.7 Å². The molecule has 1 amide bonds. The first-order valence-electron chi connectivity index (χ1n) is 11.5. The van der Waals surface area contributed by atoms with E-state index in [4.69, 9.17) is 19.2 Å². The molecule has 35 heavy (non-hydrogen) atoms. The third-order valence-corrected chi connectivity index (χ3v) is 7.04. The summed E-state index contributed by atoms with van der Waals surface area (Å²) >= 11 is 1.56. The first kappa shape index (κ1) is 23.1. The zero-order chi connectivity index (χ0) is 24.4. The predicted molar refractivity (Wildman–Crippen MR) is 137 cm³/mol. The number of nitrogens with zero attached hydrogens (tertiary/aromatic N) is 2. The van der Waals surface area contributed by atoms with Crippen LogP contribution in [0.25, 0.3) is 27.6 Å². The summed E-state index contributed by atoms with van der Waals surface area (Å²) in [6, 6.07) is 17.5. The van der Waals surface area contributed by atoms with Gasteiger partial charge in [0.15, 0.2) is 0 Å². The fourth-order valence-corrected chi connectivity index (χ4v) is 5.08. The molecular weight excluding hydrogens is 462 g/mol. The van der Waals surface area contributed by atoms with Gasteiger partial charge in [-0.05, 0) is 74.4 Å². The molecule has 0 aliphatic carbocycles. The normalized spacial score (nSPS) is 15.2. The van der Waals surface area contributed by atoms with Gasteiger partial charge in [-0.15, -0.1) is 11.3 Å². The van der Waals surface area contributed by atoms with Gasteiger partial charge in [0.1, 0.15) is 22.7 Å². The minimum absolute atomic E-state index is 0.145. The standard InChI is InChI=1S/C27H27N3O4S/c1-17-22(26(31)29-25-5-4-14-34-25)15-24(30(17)19-8-12-21(33-3)13-9-19)23-16-35-27(28-23)18-6-10-20(32-2)11-7-18/h6-13,15-16,25H,4-5,14H2,1-3H3,(H,29,31). The van der Waals surface area contributed by atoms with Crippen LogP contribution >= 0.6 is 11.3 Å². The summed E-state index contributed by atoms with van der Waals surface area (Å²) < 4.78 is 18.3. The number of ether oxygens (including phenoxy) is 3. The summed E-state index contributed by atoms with van der Waals surface area (Å²) in [6.45, 7) is 2.63. The molecule has 0 spiro atoms. The van der Waals surface area contributed by atoms with Crippen molar-refractivity contribution in [1.29, 1.82) is 0 Å². The number of carbonyl (C=O) groups excluding carboxylic acids is 1. The molecule has 8 heteroatoms. The van der Waals surface area contributed by atoms with Crippen LogP contribution < -0.4 is 14.8 Å². The first-order chi connectivity index (χ1) is 17.1. The molecule has 180 valence electrons. The number of methoxy groups -OCH3 is 2. The first-order valence-corrected chi connectivity index (χ1v) is 12.3. The van der Waals surface area contributed by atoms with E-state index in [1.165, 1.54) is 0 Å². The van der Waals surface area contributed by atoms with Gasteiger partial charge in [-0.25, -0.2) is 4.98 Å². The van der Waals surface area contributed by atoms with Crippen molar-refractivity contribution in [3.8, 4) is 39.1 Å². The van der Waals surface area contributed by atoms with E-state index in [9.17, 15) is 4.79 Å². The van der Waals surface area contributed by atoms with E-state index < -0.39 is 0 Å². The molecule has 0 radical (unpaired) electrons. The second-order valence-electron chi connectivity index (χ2n) is 8.30. The van der Waals surface area contributed by atoms with Crippen LogP contribution in [0.1, 0.15) is 28.9 Å². The van der Waals surface area contributed by atoms with Gasteiger partial charge in [-0.2, -0.15) is 0 Å². The monoisotopic (exact) mass is 489 g/mol. The third kappa shape index (κ3) is 4.67. The average molecular weight is 490 g/mol. The molecule has 2 aromatic carbocycles. The highest BCUT2D eigenvalue weighted by Crippen LogP contribution is 2.34. The van der Waals surface area contributed by atoms with Crippen LogP contribution in [-0.4, -0.2) is 42.5 Å². The Bertz CT molecular complexity index is 1320. The Morgan fingerprint density at radius 3 is 2.40 bits per heavy atom. The quantitative estimate of drug-likeness (QED) is 0.373. The highest BCUT2D eigenvalue weighted by atomic mass is 32.1. The van der Waals surface area contributed by atoms with Crippen LogP contribution in [-0.2, 0) is 4.74 Å². The average Bonchev–Trinajstić information content (AvgIpc) is 3.65. The van der Waals surface area contributed by atoms with Crippen molar-refractivity contribution in [2.45, 2.75) is 26.0 Å². The maximum Gasteiger partial charge on any atom is 0.255 e. The number of benzene rings is 2. The molecule has 0 saturated carbocycles. The van der Waals surface area contributed by atoms with Crippen molar-refractivity contribution in [3.63, 3.8) is 0 Å². The van der Waals surface area contributed by atoms with Crippen LogP contribution in [0, 0.1) is 6.92 Å². The fraction of sp³-hybridized carbons (Fsp3) is 0.259. The minimum atomic E-state index is -0.240. The molecule has 5 rings (SSSR count). The van der Waals surface area contributed by atoms with Crippen molar-refractivity contribution >= 4 is 17.2 Å². The van der Waals surface area contributed by atoms with Crippen molar-refractivity contribution in [3.05, 3.63) is 71.2 Å². The third-order valence-electron chi connectivity index (χ3n) is 6.15. The number of hydrogen-bond donors (Lipinski definition) is 1. The summed E-state index contributed by atoms with van der Waals surface area (Å²) in [5.74, 6) is 1.43. The molecule has 1 unspecified atom stereocenters. The summed E-state index contributed by atoms with van der Waals surface area (Å²) in [5, 5.41) is 5.94. The van der Waals surface area contributed by atoms with Crippen molar-refractivity contribution < 1.29 is 19.0 Å². The topological polar surface area (TPSA) is 74.6 Å². The molecule has 1 aliphatic heterocycles. The summed E-state index contributed by atoms with van der Waals surface area (Å²) in [4.78, 5) is 18.1. The molecule has 4 aromatic rings. The number of carbonyl (C=O) groups is 1. The minimum Gasteiger partial charge on any atom is -0.497 e. The number of amides is 1. The Hall–Kier alpha value is -3.62. The Kier molecular flexibility index (Phi) is 6.57. The number of rotatable bonds is 7. The highest BCUT2D eigenvalue weighted by Gasteiger charge is 2.24. The van der Waals surface area contributed by atoms with E-state index in [-0.39, 0.29) is 12.1 Å². The number of aromatic nitrogens is 2. The molecular formula is C27H27N3O4S. The molecule has 1 aliphatic rings. The maximum atomic E-state index is 13.2. The molecule has 7 nitrogen and oxygen atoms in total. The summed E-state index contributed by atoms with van der Waals surface area (Å²) in [6.07, 6.45) is 1.54. The lowest BCUT2D eigenvalue weighted by Gasteiger charge is -2.13. The zero-order valence-corrected chi connectivity index (χ0v) is 20.7. The van der Waals surface area contributed by atoms with E-state index in [1.54, 1.807) is 25.6 Å². The Morgan fingerprint density at radius 1 is 1.09 bits per heavy atom. The van der Waals surface area contributed by atoms with E-state index >= 15 is 0 Å². The fourth-order valence-electron chi connectivity index (χ4n) is 4.26. The Labute approximate surface area is 208 Å². The smallest absolute Gasteiger partial charge is 0.255 e. The van der Waals surface area contributed by atoms with Gasteiger partial charge in [0.05, 0.1) is 31.2 Å². The van der Waals surface area contributed by atoms with Crippen molar-refractivity contribution in [2.24, 2.45) is 0 Å². The SMILES string of the molecule is COc1ccc(-c2nc(-c3cc(C(=O)NC4CCCO4)c(C)n3-c3ccc(OC)cc3)cs2)cc1. The molecule has 1 N–H and O–H groups in total. The van der Waals surface area contributed by atoms with Crippen molar-refractivity contribution in [1.82, 2.24) is 14.9 Å². The highest BCUT2D eigenvalue weighted by molar-refractivity contribution is 7.13. The predicted octanol–water partition coefficient (Wildman–Crippen LogP) is 5.46. The van der Waals surface area contributed by atoms with E-state index in [1.807, 2.05) is 66.9 Å². The van der Waals surface area contributed by atoms with Crippen LogP contribution in [0.3, 0.4) is 0 Å². The number of hydrogen-bond acceptors (Lipinski definition) is 6. The van der Waals surface area contributed by atoms with Crippen LogP contribution in [0.2, 0.25) is 0 Å². The molecule has 1 saturated heterocycles. The number of thiazole rings is 1. The molecule has 2 aromatic heterocycles. The van der Waals surface area contributed by atoms with Gasteiger partial charge in [-0.1, -0.05) is 0 Å². The number of nitrogens with one attached hydrogen (secondary N) is 1. The Morgan fingerprint density at radius 2 is 1.77 bits per heavy atom. The molecule has 0 bridgehead atoms. The van der Waals surface area contributed by atoms with Gasteiger partial charge in [0.25, 0.3) is 5.91 Å². The maximum absolute atomic E-state index is 13.2. The Balaban J connectivity index is 1.55. The van der Waals surface area contributed by atoms with Gasteiger partial charge in [-0.3, -0.25) is 4.79 Å². The summed E-state index contributed by atoms with van der Waals surface area (Å²) in [7, 11) is 3.30. The van der Waals surface area contributed by atoms with Gasteiger partial charge in [0, 0.05) is 28.9 Å². The lowest BCUT2D eigenvalue weighted by molar-refractivity contribution is 0.0639. The van der Waals surface area contributed by atoms with E-state index in [2.05, 4.69) is 9.88 Å². The second-order valence-corrected chi connectivity index (χ2v) is 9.16. The largest absolute Gasteiger partial charge is 0.497 e. The van der Waals surface area contributed by atoms with Crippen LogP contribution in [0.5, 0.6) is 11.5 Å². The second kappa shape index (κ2) is 9.93.